The predicted molar refractivity (Wildman–Crippen MR) is 58.4 cm³/mol. The first kappa shape index (κ1) is 10.5. The molecule has 0 saturated carbocycles. The molecular weight excluding hydrogens is 193 g/mol. The minimum absolute atomic E-state index is 0.241. The summed E-state index contributed by atoms with van der Waals surface area (Å²) in [6.45, 7) is 5.68. The van der Waals surface area contributed by atoms with E-state index in [0.29, 0.717) is 17.8 Å². The van der Waals surface area contributed by atoms with Gasteiger partial charge in [-0.05, 0) is 40.0 Å². The average molecular weight is 211 g/mol. The van der Waals surface area contributed by atoms with E-state index in [4.69, 9.17) is 5.73 Å². The Labute approximate surface area is 89.5 Å². The van der Waals surface area contributed by atoms with Crippen LogP contribution in [0.25, 0.3) is 0 Å². The normalized spacial score (nSPS) is 25.7. The smallest absolute Gasteiger partial charge is 0.152 e. The van der Waals surface area contributed by atoms with Crippen molar-refractivity contribution < 1.29 is 4.39 Å². The maximum atomic E-state index is 14.3. The second-order valence-corrected chi connectivity index (χ2v) is 4.80. The van der Waals surface area contributed by atoms with Crippen LogP contribution in [0.1, 0.15) is 50.9 Å². The van der Waals surface area contributed by atoms with Gasteiger partial charge >= 0.3 is 0 Å². The van der Waals surface area contributed by atoms with Crippen molar-refractivity contribution in [3.63, 3.8) is 0 Å². The number of alkyl halides is 1. The number of rotatable bonds is 1. The van der Waals surface area contributed by atoms with Gasteiger partial charge in [0.25, 0.3) is 0 Å². The van der Waals surface area contributed by atoms with Crippen LogP contribution in [0.15, 0.2) is 0 Å². The third-order valence-corrected chi connectivity index (χ3v) is 3.11. The summed E-state index contributed by atoms with van der Waals surface area (Å²) in [5, 5.41) is 4.24. The van der Waals surface area contributed by atoms with Crippen LogP contribution < -0.4 is 5.73 Å². The van der Waals surface area contributed by atoms with Crippen molar-refractivity contribution in [2.24, 2.45) is 0 Å². The maximum absolute atomic E-state index is 14.3. The number of fused-ring (bicyclic) bond motifs is 1. The molecule has 0 fully saturated rings. The number of nitrogen functional groups attached to an aromatic ring is 1. The van der Waals surface area contributed by atoms with E-state index in [1.165, 1.54) is 0 Å². The summed E-state index contributed by atoms with van der Waals surface area (Å²) >= 11 is 0. The molecule has 1 aromatic rings. The Morgan fingerprint density at radius 2 is 2.20 bits per heavy atom. The fourth-order valence-corrected chi connectivity index (χ4v) is 2.44. The molecule has 2 N–H and O–H groups in total. The number of hydrogen-bond donors (Lipinski definition) is 1. The van der Waals surface area contributed by atoms with Gasteiger partial charge in [0.2, 0.25) is 0 Å². The summed E-state index contributed by atoms with van der Waals surface area (Å²) in [7, 11) is 0. The summed E-state index contributed by atoms with van der Waals surface area (Å²) in [5.41, 5.74) is 6.12. The topological polar surface area (TPSA) is 43.8 Å². The molecule has 3 nitrogen and oxygen atoms in total. The largest absolute Gasteiger partial charge is 0.382 e. The zero-order valence-corrected chi connectivity index (χ0v) is 9.55. The molecule has 1 atom stereocenters. The second kappa shape index (κ2) is 3.22. The molecule has 1 heterocycles. The molecule has 84 valence electrons. The van der Waals surface area contributed by atoms with Crippen LogP contribution in [0.2, 0.25) is 0 Å². The van der Waals surface area contributed by atoms with E-state index in [-0.39, 0.29) is 6.04 Å². The van der Waals surface area contributed by atoms with Gasteiger partial charge in [-0.25, -0.2) is 4.39 Å². The minimum Gasteiger partial charge on any atom is -0.382 e. The third-order valence-electron chi connectivity index (χ3n) is 3.11. The molecule has 0 spiro atoms. The van der Waals surface area contributed by atoms with E-state index >= 15 is 0 Å². The van der Waals surface area contributed by atoms with Gasteiger partial charge in [-0.3, -0.25) is 4.68 Å². The van der Waals surface area contributed by atoms with Crippen LogP contribution in [0.5, 0.6) is 0 Å². The van der Waals surface area contributed by atoms with Crippen molar-refractivity contribution in [3.8, 4) is 0 Å². The number of halogens is 1. The summed E-state index contributed by atoms with van der Waals surface area (Å²) < 4.78 is 16.1. The van der Waals surface area contributed by atoms with Gasteiger partial charge < -0.3 is 5.73 Å². The van der Waals surface area contributed by atoms with Crippen LogP contribution in [-0.2, 0) is 12.1 Å². The number of nitrogens with zero attached hydrogens (tertiary/aromatic N) is 2. The zero-order chi connectivity index (χ0) is 11.2. The minimum atomic E-state index is -1.30. The lowest BCUT2D eigenvalue weighted by Crippen LogP contribution is -2.24. The number of aromatic nitrogens is 2. The average Bonchev–Trinajstić information content (AvgIpc) is 2.43. The highest BCUT2D eigenvalue weighted by molar-refractivity contribution is 5.48. The first-order valence-electron chi connectivity index (χ1n) is 5.49. The van der Waals surface area contributed by atoms with Crippen molar-refractivity contribution in [1.82, 2.24) is 9.78 Å². The Kier molecular flexibility index (Phi) is 2.24. The lowest BCUT2D eigenvalue weighted by atomic mass is 9.85. The quantitative estimate of drug-likeness (QED) is 0.775. The van der Waals surface area contributed by atoms with Crippen molar-refractivity contribution >= 4 is 5.82 Å². The summed E-state index contributed by atoms with van der Waals surface area (Å²) in [6.07, 6.45) is 2.31. The molecule has 4 heteroatoms. The van der Waals surface area contributed by atoms with Gasteiger partial charge in [-0.15, -0.1) is 0 Å². The molecule has 2 rings (SSSR count). The Hall–Kier alpha value is -1.06. The molecule has 0 aliphatic heterocycles. The Morgan fingerprint density at radius 3 is 2.80 bits per heavy atom. The Morgan fingerprint density at radius 1 is 1.53 bits per heavy atom. The lowest BCUT2D eigenvalue weighted by Gasteiger charge is -2.27. The zero-order valence-electron chi connectivity index (χ0n) is 9.55. The number of nitrogens with two attached hydrogens (primary N) is 1. The van der Waals surface area contributed by atoms with Gasteiger partial charge in [0, 0.05) is 11.7 Å². The van der Waals surface area contributed by atoms with Crippen LogP contribution in [0.4, 0.5) is 10.2 Å². The standard InChI is InChI=1S/C11H18FN3/c1-7(2)15-8-5-4-6-11(3,12)9(8)10(13)14-15/h7H,4-6H2,1-3H3,(H2,13,14). The van der Waals surface area contributed by atoms with Crippen LogP contribution in [0.3, 0.4) is 0 Å². The molecule has 0 radical (unpaired) electrons. The van der Waals surface area contributed by atoms with E-state index < -0.39 is 5.67 Å². The van der Waals surface area contributed by atoms with Crippen LogP contribution >= 0.6 is 0 Å². The lowest BCUT2D eigenvalue weighted by molar-refractivity contribution is 0.161. The Balaban J connectivity index is 2.59. The van der Waals surface area contributed by atoms with Gasteiger partial charge in [0.15, 0.2) is 5.82 Å². The highest BCUT2D eigenvalue weighted by Gasteiger charge is 2.37. The van der Waals surface area contributed by atoms with Gasteiger partial charge in [0.05, 0.1) is 5.56 Å². The maximum Gasteiger partial charge on any atom is 0.152 e. The second-order valence-electron chi connectivity index (χ2n) is 4.80. The van der Waals surface area contributed by atoms with E-state index in [1.807, 2.05) is 18.5 Å². The molecule has 1 aromatic heterocycles. The SMILES string of the molecule is CC(C)n1nc(N)c2c1CCCC2(C)F. The number of anilines is 1. The van der Waals surface area contributed by atoms with E-state index in [1.54, 1.807) is 6.92 Å². The first-order valence-corrected chi connectivity index (χ1v) is 5.49. The summed E-state index contributed by atoms with van der Waals surface area (Å²) in [5.74, 6) is 0.364. The molecule has 0 saturated heterocycles. The molecule has 1 aliphatic carbocycles. The molecule has 0 bridgehead atoms. The highest BCUT2D eigenvalue weighted by Crippen LogP contribution is 2.41. The van der Waals surface area contributed by atoms with Crippen molar-refractivity contribution in [3.05, 3.63) is 11.3 Å². The Bertz CT molecular complexity index is 379. The van der Waals surface area contributed by atoms with E-state index in [9.17, 15) is 4.39 Å². The number of hydrogen-bond acceptors (Lipinski definition) is 2. The molecule has 1 unspecified atom stereocenters. The molecule has 15 heavy (non-hydrogen) atoms. The van der Waals surface area contributed by atoms with Crippen molar-refractivity contribution in [2.45, 2.75) is 51.7 Å². The van der Waals surface area contributed by atoms with Crippen LogP contribution in [-0.4, -0.2) is 9.78 Å². The molecule has 0 amide bonds. The fraction of sp³-hybridized carbons (Fsp3) is 0.727. The predicted octanol–water partition coefficient (Wildman–Crippen LogP) is 2.57. The highest BCUT2D eigenvalue weighted by atomic mass is 19.1. The van der Waals surface area contributed by atoms with Crippen molar-refractivity contribution in [1.29, 1.82) is 0 Å². The van der Waals surface area contributed by atoms with Crippen LogP contribution in [0, 0.1) is 0 Å². The van der Waals surface area contributed by atoms with Gasteiger partial charge in [-0.2, -0.15) is 5.10 Å². The van der Waals surface area contributed by atoms with Crippen molar-refractivity contribution in [2.75, 3.05) is 5.73 Å². The summed E-state index contributed by atoms with van der Waals surface area (Å²) in [4.78, 5) is 0. The fourth-order valence-electron chi connectivity index (χ4n) is 2.44. The monoisotopic (exact) mass is 211 g/mol. The third kappa shape index (κ3) is 1.52. The van der Waals surface area contributed by atoms with Gasteiger partial charge in [-0.1, -0.05) is 0 Å². The molecular formula is C11H18FN3. The van der Waals surface area contributed by atoms with E-state index in [2.05, 4.69) is 5.10 Å². The van der Waals surface area contributed by atoms with E-state index in [0.717, 1.165) is 18.5 Å². The summed E-state index contributed by atoms with van der Waals surface area (Å²) in [6, 6.07) is 0.241. The first-order chi connectivity index (χ1) is 6.93. The molecule has 0 aromatic carbocycles. The molecule has 1 aliphatic rings. The van der Waals surface area contributed by atoms with Gasteiger partial charge in [0.1, 0.15) is 5.67 Å².